The Morgan fingerprint density at radius 1 is 1.25 bits per heavy atom. The van der Waals surface area contributed by atoms with Crippen molar-refractivity contribution in [1.29, 1.82) is 0 Å². The average molecular weight is 431 g/mol. The summed E-state index contributed by atoms with van der Waals surface area (Å²) in [6.45, 7) is 1.87. The first-order chi connectivity index (χ1) is 15.7. The van der Waals surface area contributed by atoms with Crippen LogP contribution in [0.5, 0.6) is 0 Å². The van der Waals surface area contributed by atoms with Gasteiger partial charge in [0, 0.05) is 49.8 Å². The molecule has 3 N–H and O–H groups in total. The summed E-state index contributed by atoms with van der Waals surface area (Å²) in [5.41, 5.74) is 3.65. The molecule has 1 atom stereocenters. The largest absolute Gasteiger partial charge is 0.376 e. The number of benzene rings is 1. The van der Waals surface area contributed by atoms with Gasteiger partial charge in [-0.15, -0.1) is 0 Å². The molecule has 4 heterocycles. The summed E-state index contributed by atoms with van der Waals surface area (Å²) in [5, 5.41) is 11.8. The summed E-state index contributed by atoms with van der Waals surface area (Å²) in [4.78, 5) is 26.7. The minimum absolute atomic E-state index is 0.0189. The molecule has 1 saturated heterocycles. The van der Waals surface area contributed by atoms with E-state index in [1.807, 2.05) is 55.8 Å². The van der Waals surface area contributed by atoms with Crippen molar-refractivity contribution in [2.24, 2.45) is 7.05 Å². The summed E-state index contributed by atoms with van der Waals surface area (Å²) in [6.07, 6.45) is 7.33. The molecule has 9 heteroatoms. The van der Waals surface area contributed by atoms with E-state index in [4.69, 9.17) is 0 Å². The van der Waals surface area contributed by atoms with Crippen LogP contribution in [0.3, 0.4) is 0 Å². The second-order valence-corrected chi connectivity index (χ2v) is 8.10. The topological polar surface area (TPSA) is 104 Å². The smallest absolute Gasteiger partial charge is 0.239 e. The Balaban J connectivity index is 1.18. The van der Waals surface area contributed by atoms with Gasteiger partial charge in [-0.05, 0) is 37.1 Å². The van der Waals surface area contributed by atoms with Gasteiger partial charge in [-0.1, -0.05) is 12.1 Å². The van der Waals surface area contributed by atoms with Crippen molar-refractivity contribution in [3.63, 3.8) is 0 Å². The normalized spacial score (nSPS) is 16.3. The van der Waals surface area contributed by atoms with Crippen molar-refractivity contribution in [1.82, 2.24) is 30.0 Å². The molecule has 1 aliphatic rings. The van der Waals surface area contributed by atoms with Gasteiger partial charge < -0.3 is 20.5 Å². The Hall–Kier alpha value is -3.88. The summed E-state index contributed by atoms with van der Waals surface area (Å²) in [7, 11) is 1.90. The number of aromatic nitrogens is 5. The number of carbonyl (C=O) groups excluding carboxylic acids is 1. The number of hydrogen-bond donors (Lipinski definition) is 3. The molecule has 5 rings (SSSR count). The maximum absolute atomic E-state index is 12.6. The SMILES string of the molecule is Cn1ccc(-c2cccc(NCC(=O)N[C@@H]3CCCN(c4ncnc5[nH]ccc45)C3)c2)n1. The molecule has 164 valence electrons. The Morgan fingerprint density at radius 2 is 2.19 bits per heavy atom. The number of nitrogens with zero attached hydrogens (tertiary/aromatic N) is 5. The van der Waals surface area contributed by atoms with Crippen LogP contribution >= 0.6 is 0 Å². The van der Waals surface area contributed by atoms with Crippen LogP contribution in [0.4, 0.5) is 11.5 Å². The molecule has 9 nitrogen and oxygen atoms in total. The Bertz CT molecular complexity index is 1230. The predicted octanol–water partition coefficient (Wildman–Crippen LogP) is 2.56. The third-order valence-electron chi connectivity index (χ3n) is 5.74. The number of anilines is 2. The van der Waals surface area contributed by atoms with Crippen LogP contribution in [-0.4, -0.2) is 56.3 Å². The third kappa shape index (κ3) is 4.27. The second kappa shape index (κ2) is 8.70. The standard InChI is InChI=1S/C23H26N8O/c1-30-11-8-20(29-30)16-4-2-5-17(12-16)25-13-21(32)28-18-6-3-10-31(14-18)23-19-7-9-24-22(19)26-15-27-23/h2,4-5,7-9,11-12,15,18,25H,3,6,10,13-14H2,1H3,(H,28,32)(H,24,26,27)/t18-/m1/s1. The number of amides is 1. The number of H-pyrrole nitrogens is 1. The number of nitrogens with one attached hydrogen (secondary N) is 3. The van der Waals surface area contributed by atoms with E-state index in [0.29, 0.717) is 0 Å². The molecule has 0 saturated carbocycles. The van der Waals surface area contributed by atoms with Gasteiger partial charge in [0.2, 0.25) is 5.91 Å². The van der Waals surface area contributed by atoms with Crippen molar-refractivity contribution in [3.05, 3.63) is 55.1 Å². The Labute approximate surface area is 185 Å². The predicted molar refractivity (Wildman–Crippen MR) is 124 cm³/mol. The van der Waals surface area contributed by atoms with Gasteiger partial charge in [0.25, 0.3) is 0 Å². The Morgan fingerprint density at radius 3 is 3.06 bits per heavy atom. The van der Waals surface area contributed by atoms with E-state index in [1.165, 1.54) is 0 Å². The fourth-order valence-electron chi connectivity index (χ4n) is 4.22. The minimum Gasteiger partial charge on any atom is -0.376 e. The number of fused-ring (bicyclic) bond motifs is 1. The number of carbonyl (C=O) groups is 1. The fraction of sp³-hybridized carbons (Fsp3) is 0.304. The number of aromatic amines is 1. The highest BCUT2D eigenvalue weighted by Gasteiger charge is 2.23. The van der Waals surface area contributed by atoms with Crippen LogP contribution in [0.2, 0.25) is 0 Å². The van der Waals surface area contributed by atoms with Crippen LogP contribution in [0.1, 0.15) is 12.8 Å². The van der Waals surface area contributed by atoms with E-state index in [0.717, 1.165) is 59.7 Å². The molecule has 32 heavy (non-hydrogen) atoms. The van der Waals surface area contributed by atoms with E-state index in [-0.39, 0.29) is 18.5 Å². The second-order valence-electron chi connectivity index (χ2n) is 8.10. The molecule has 1 amide bonds. The minimum atomic E-state index is -0.0189. The third-order valence-corrected chi connectivity index (χ3v) is 5.74. The molecular formula is C23H26N8O. The van der Waals surface area contributed by atoms with E-state index < -0.39 is 0 Å². The van der Waals surface area contributed by atoms with Crippen LogP contribution in [-0.2, 0) is 11.8 Å². The summed E-state index contributed by atoms with van der Waals surface area (Å²) in [6, 6.07) is 12.0. The first-order valence-electron chi connectivity index (χ1n) is 10.8. The van der Waals surface area contributed by atoms with Crippen molar-refractivity contribution in [3.8, 4) is 11.3 Å². The molecule has 0 bridgehead atoms. The van der Waals surface area contributed by atoms with Gasteiger partial charge in [-0.2, -0.15) is 5.10 Å². The van der Waals surface area contributed by atoms with Crippen LogP contribution in [0.15, 0.2) is 55.1 Å². The maximum Gasteiger partial charge on any atom is 0.239 e. The molecular weight excluding hydrogens is 404 g/mol. The lowest BCUT2D eigenvalue weighted by atomic mass is 10.1. The highest BCUT2D eigenvalue weighted by Crippen LogP contribution is 2.25. The first kappa shape index (κ1) is 20.0. The van der Waals surface area contributed by atoms with Crippen molar-refractivity contribution in [2.75, 3.05) is 29.9 Å². The highest BCUT2D eigenvalue weighted by molar-refractivity contribution is 5.87. The van der Waals surface area contributed by atoms with Crippen molar-refractivity contribution < 1.29 is 4.79 Å². The quantitative estimate of drug-likeness (QED) is 0.434. The summed E-state index contributed by atoms with van der Waals surface area (Å²) < 4.78 is 1.78. The summed E-state index contributed by atoms with van der Waals surface area (Å²) >= 11 is 0. The molecule has 4 aromatic rings. The molecule has 0 aliphatic carbocycles. The lowest BCUT2D eigenvalue weighted by molar-refractivity contribution is -0.120. The van der Waals surface area contributed by atoms with Crippen LogP contribution in [0.25, 0.3) is 22.3 Å². The molecule has 1 fully saturated rings. The zero-order chi connectivity index (χ0) is 21.9. The molecule has 1 aromatic carbocycles. The van der Waals surface area contributed by atoms with E-state index in [2.05, 4.69) is 35.6 Å². The molecule has 0 spiro atoms. The lowest BCUT2D eigenvalue weighted by Gasteiger charge is -2.34. The van der Waals surface area contributed by atoms with Gasteiger partial charge in [0.1, 0.15) is 17.8 Å². The number of hydrogen-bond acceptors (Lipinski definition) is 6. The zero-order valence-corrected chi connectivity index (χ0v) is 18.0. The number of piperidine rings is 1. The monoisotopic (exact) mass is 430 g/mol. The molecule has 0 radical (unpaired) electrons. The lowest BCUT2D eigenvalue weighted by Crippen LogP contribution is -2.49. The number of rotatable bonds is 6. The summed E-state index contributed by atoms with van der Waals surface area (Å²) in [5.74, 6) is 0.897. The molecule has 0 unspecified atom stereocenters. The zero-order valence-electron chi connectivity index (χ0n) is 18.0. The number of aryl methyl sites for hydroxylation is 1. The van der Waals surface area contributed by atoms with Crippen molar-refractivity contribution in [2.45, 2.75) is 18.9 Å². The maximum atomic E-state index is 12.6. The van der Waals surface area contributed by atoms with Crippen molar-refractivity contribution >= 4 is 28.4 Å². The van der Waals surface area contributed by atoms with Gasteiger partial charge >= 0.3 is 0 Å². The Kier molecular flexibility index (Phi) is 5.45. The molecule has 3 aromatic heterocycles. The first-order valence-corrected chi connectivity index (χ1v) is 10.8. The van der Waals surface area contributed by atoms with Crippen LogP contribution < -0.4 is 15.5 Å². The van der Waals surface area contributed by atoms with Gasteiger partial charge in [-0.25, -0.2) is 9.97 Å². The van der Waals surface area contributed by atoms with E-state index >= 15 is 0 Å². The van der Waals surface area contributed by atoms with Gasteiger partial charge in [-0.3, -0.25) is 9.48 Å². The fourth-order valence-corrected chi connectivity index (χ4v) is 4.22. The van der Waals surface area contributed by atoms with Gasteiger partial charge in [0.15, 0.2) is 0 Å². The van der Waals surface area contributed by atoms with Gasteiger partial charge in [0.05, 0.1) is 17.6 Å². The van der Waals surface area contributed by atoms with Crippen LogP contribution in [0, 0.1) is 0 Å². The van der Waals surface area contributed by atoms with E-state index in [1.54, 1.807) is 11.0 Å². The molecule has 1 aliphatic heterocycles. The highest BCUT2D eigenvalue weighted by atomic mass is 16.2. The van der Waals surface area contributed by atoms with E-state index in [9.17, 15) is 4.79 Å². The average Bonchev–Trinajstić information content (AvgIpc) is 3.47.